The Morgan fingerprint density at radius 3 is 1.55 bits per heavy atom. The lowest BCUT2D eigenvalue weighted by atomic mass is 10.1. The second-order valence-corrected chi connectivity index (χ2v) is 15.2. The van der Waals surface area contributed by atoms with Gasteiger partial charge in [0.2, 0.25) is 11.8 Å². The van der Waals surface area contributed by atoms with Gasteiger partial charge >= 0.3 is 12.4 Å². The van der Waals surface area contributed by atoms with Crippen LogP contribution in [0.4, 0.5) is 26.3 Å². The van der Waals surface area contributed by atoms with Crippen LogP contribution < -0.4 is 20.6 Å². The number of ether oxygens (including phenoxy) is 2. The molecule has 5 aromatic heterocycles. The lowest BCUT2D eigenvalue weighted by Gasteiger charge is -2.14. The first-order chi connectivity index (χ1) is 32.2. The van der Waals surface area contributed by atoms with E-state index in [0.29, 0.717) is 24.1 Å². The quantitative estimate of drug-likeness (QED) is 0.108. The van der Waals surface area contributed by atoms with Crippen LogP contribution in [-0.4, -0.2) is 34.1 Å². The fourth-order valence-corrected chi connectivity index (χ4v) is 7.12. The van der Waals surface area contributed by atoms with Crippen molar-refractivity contribution < 1.29 is 35.8 Å². The zero-order valence-electron chi connectivity index (χ0n) is 34.3. The van der Waals surface area contributed by atoms with Crippen molar-refractivity contribution in [2.75, 3.05) is 0 Å². The predicted octanol–water partition coefficient (Wildman–Crippen LogP) is 10.9. The fourth-order valence-electron chi connectivity index (χ4n) is 6.71. The normalized spacial score (nSPS) is 11.3. The minimum absolute atomic E-state index is 0.0389. The molecule has 0 fully saturated rings. The van der Waals surface area contributed by atoms with Gasteiger partial charge in [0.25, 0.3) is 11.1 Å². The molecule has 5 heterocycles. The standard InChI is InChI=1S/C28H17F3N4O2.C21H13BrF3N3O2/c29-28(30,31)24-6-3-13-33-27(24)37-22-9-10-25-23(16-22)26(36)34-18-35(25)17-21-5-2-1-4-20(21)8-7-19-11-14-32-15-12-19;22-17-6-2-1-4-13(17)11-28-12-27-19(29)15-10-14(7-8-18(15)28)30-20-16(21(23,24)25)5-3-9-26-20/h1-6,9-16,18H,17H2;1-10,12H,11H2. The topological polar surface area (TPSA) is 127 Å². The Kier molecular flexibility index (Phi) is 13.2. The molecule has 0 atom stereocenters. The van der Waals surface area contributed by atoms with Gasteiger partial charge in [0.1, 0.15) is 22.6 Å². The van der Waals surface area contributed by atoms with Crippen LogP contribution in [0.2, 0.25) is 0 Å². The Hall–Kier alpha value is -8.17. The van der Waals surface area contributed by atoms with Crippen LogP contribution in [0.5, 0.6) is 23.3 Å². The number of nitrogens with zero attached hydrogens (tertiary/aromatic N) is 7. The monoisotopic (exact) mass is 973 g/mol. The van der Waals surface area contributed by atoms with Crippen molar-refractivity contribution in [3.63, 3.8) is 0 Å². The molecule has 0 radical (unpaired) electrons. The molecule has 4 aromatic carbocycles. The number of hydrogen-bond donors (Lipinski definition) is 0. The van der Waals surface area contributed by atoms with Crippen molar-refractivity contribution in [1.29, 1.82) is 0 Å². The average Bonchev–Trinajstić information content (AvgIpc) is 3.31. The molecule has 0 bridgehead atoms. The maximum absolute atomic E-state index is 13.3. The van der Waals surface area contributed by atoms with Crippen molar-refractivity contribution in [3.05, 3.63) is 217 Å². The second kappa shape index (κ2) is 19.5. The number of pyridine rings is 3. The minimum atomic E-state index is -4.64. The first kappa shape index (κ1) is 45.4. The summed E-state index contributed by atoms with van der Waals surface area (Å²) in [6.07, 6.45) is -0.634. The van der Waals surface area contributed by atoms with Crippen molar-refractivity contribution in [3.8, 4) is 35.1 Å². The van der Waals surface area contributed by atoms with E-state index < -0.39 is 46.4 Å². The van der Waals surface area contributed by atoms with Crippen LogP contribution in [-0.2, 0) is 25.4 Å². The highest BCUT2D eigenvalue weighted by atomic mass is 79.9. The van der Waals surface area contributed by atoms with Crippen molar-refractivity contribution in [2.45, 2.75) is 25.4 Å². The molecule has 9 rings (SSSR count). The molecule has 0 N–H and O–H groups in total. The smallest absolute Gasteiger partial charge is 0.421 e. The van der Waals surface area contributed by atoms with Crippen molar-refractivity contribution in [2.24, 2.45) is 0 Å². The Bertz CT molecular complexity index is 3450. The SMILES string of the molecule is O=c1ncn(Cc2ccccc2Br)c2ccc(Oc3ncccc3C(F)(F)F)cc12.O=c1ncn(Cc2ccccc2C#Cc2ccncc2)c2ccc(Oc3ncccc3C(F)(F)F)cc12. The number of alkyl halides is 6. The number of fused-ring (bicyclic) bond motifs is 2. The summed E-state index contributed by atoms with van der Waals surface area (Å²) in [7, 11) is 0. The Morgan fingerprint density at radius 2 is 1.03 bits per heavy atom. The summed E-state index contributed by atoms with van der Waals surface area (Å²) in [5.74, 6) is 5.20. The van der Waals surface area contributed by atoms with E-state index in [1.165, 1.54) is 61.4 Å². The molecular weight excluding hydrogens is 944 g/mol. The number of rotatable bonds is 8. The zero-order chi connectivity index (χ0) is 47.1. The van der Waals surface area contributed by atoms with Crippen molar-refractivity contribution in [1.82, 2.24) is 34.1 Å². The van der Waals surface area contributed by atoms with E-state index in [2.05, 4.69) is 52.7 Å². The van der Waals surface area contributed by atoms with Gasteiger partial charge < -0.3 is 18.6 Å². The first-order valence-electron chi connectivity index (χ1n) is 19.8. The largest absolute Gasteiger partial charge is 0.438 e. The molecule has 67 heavy (non-hydrogen) atoms. The number of halogens is 7. The highest BCUT2D eigenvalue weighted by Gasteiger charge is 2.36. The molecule has 0 saturated carbocycles. The molecule has 334 valence electrons. The van der Waals surface area contributed by atoms with E-state index in [1.54, 1.807) is 33.7 Å². The van der Waals surface area contributed by atoms with Crippen molar-refractivity contribution >= 4 is 37.7 Å². The Balaban J connectivity index is 0.000000186. The lowest BCUT2D eigenvalue weighted by Crippen LogP contribution is -2.14. The van der Waals surface area contributed by atoms with E-state index in [-0.39, 0.29) is 22.3 Å². The van der Waals surface area contributed by atoms with Crippen LogP contribution >= 0.6 is 15.9 Å². The zero-order valence-corrected chi connectivity index (χ0v) is 35.9. The highest BCUT2D eigenvalue weighted by Crippen LogP contribution is 2.38. The molecule has 0 aliphatic rings. The average molecular weight is 975 g/mol. The van der Waals surface area contributed by atoms with Crippen LogP contribution in [0.1, 0.15) is 33.4 Å². The van der Waals surface area contributed by atoms with Gasteiger partial charge in [-0.1, -0.05) is 64.2 Å². The van der Waals surface area contributed by atoms with Gasteiger partial charge in [0, 0.05) is 40.4 Å². The summed E-state index contributed by atoms with van der Waals surface area (Å²) in [6, 6.07) is 31.9. The third kappa shape index (κ3) is 10.9. The predicted molar refractivity (Wildman–Crippen MR) is 240 cm³/mol. The third-order valence-electron chi connectivity index (χ3n) is 9.91. The molecule has 0 unspecified atom stereocenters. The Labute approximate surface area is 384 Å². The molecule has 18 heteroatoms. The van der Waals surface area contributed by atoms with E-state index in [4.69, 9.17) is 9.47 Å². The molecule has 0 aliphatic carbocycles. The summed E-state index contributed by atoms with van der Waals surface area (Å²) >= 11 is 3.49. The third-order valence-corrected chi connectivity index (χ3v) is 10.7. The van der Waals surface area contributed by atoms with E-state index in [1.807, 2.05) is 60.7 Å². The second-order valence-electron chi connectivity index (χ2n) is 14.4. The summed E-state index contributed by atoms with van der Waals surface area (Å²) in [5, 5.41) is 0.427. The number of aromatic nitrogens is 7. The number of hydrogen-bond acceptors (Lipinski definition) is 9. The van der Waals surface area contributed by atoms with Gasteiger partial charge in [-0.15, -0.1) is 0 Å². The molecule has 0 amide bonds. The molecule has 11 nitrogen and oxygen atoms in total. The minimum Gasteiger partial charge on any atom is -0.438 e. The summed E-state index contributed by atoms with van der Waals surface area (Å²) in [5.41, 5.74) is 1.60. The summed E-state index contributed by atoms with van der Waals surface area (Å²) in [4.78, 5) is 44.0. The van der Waals surface area contributed by atoms with E-state index >= 15 is 0 Å². The maximum atomic E-state index is 13.3. The maximum Gasteiger partial charge on any atom is 0.421 e. The highest BCUT2D eigenvalue weighted by molar-refractivity contribution is 9.10. The first-order valence-corrected chi connectivity index (χ1v) is 20.6. The van der Waals surface area contributed by atoms with Gasteiger partial charge in [0.15, 0.2) is 0 Å². The van der Waals surface area contributed by atoms with Gasteiger partial charge in [-0.25, -0.2) is 9.97 Å². The van der Waals surface area contributed by atoms with Gasteiger partial charge in [0.05, 0.1) is 47.6 Å². The Morgan fingerprint density at radius 1 is 0.537 bits per heavy atom. The van der Waals surface area contributed by atoms with Crippen LogP contribution in [0.3, 0.4) is 0 Å². The van der Waals surface area contributed by atoms with Gasteiger partial charge in [-0.2, -0.15) is 36.3 Å². The molecule has 0 saturated heterocycles. The molecular formula is C49H30BrF6N7O4. The molecule has 0 spiro atoms. The molecule has 0 aliphatic heterocycles. The summed E-state index contributed by atoms with van der Waals surface area (Å²) in [6.45, 7) is 0.813. The van der Waals surface area contributed by atoms with Crippen LogP contribution in [0.15, 0.2) is 173 Å². The van der Waals surface area contributed by atoms with E-state index in [9.17, 15) is 35.9 Å². The summed E-state index contributed by atoms with van der Waals surface area (Å²) < 4.78 is 94.7. The number of benzene rings is 4. The fraction of sp³-hybridized carbons (Fsp3) is 0.0816. The van der Waals surface area contributed by atoms with Crippen LogP contribution in [0.25, 0.3) is 21.8 Å². The van der Waals surface area contributed by atoms with E-state index in [0.717, 1.165) is 38.9 Å². The lowest BCUT2D eigenvalue weighted by molar-refractivity contribution is -0.139. The van der Waals surface area contributed by atoms with Gasteiger partial charge in [-0.05, 0) is 96.1 Å². The van der Waals surface area contributed by atoms with Crippen LogP contribution in [0, 0.1) is 11.8 Å². The molecule has 9 aromatic rings. The van der Waals surface area contributed by atoms with Gasteiger partial charge in [-0.3, -0.25) is 14.6 Å².